The van der Waals surface area contributed by atoms with Crippen LogP contribution in [0.25, 0.3) is 6.08 Å². The lowest BCUT2D eigenvalue weighted by atomic mass is 9.79. The van der Waals surface area contributed by atoms with Crippen LogP contribution in [0, 0.1) is 12.8 Å². The number of hydrogen-bond donors (Lipinski definition) is 0. The van der Waals surface area contributed by atoms with E-state index in [2.05, 4.69) is 0 Å². The molecule has 0 amide bonds. The summed E-state index contributed by atoms with van der Waals surface area (Å²) in [5, 5.41) is 0. The minimum atomic E-state index is -1.04. The molecule has 3 aromatic rings. The molecule has 1 aromatic carbocycles. The number of furan rings is 1. The smallest absolute Gasteiger partial charge is 0.271 e. The first-order chi connectivity index (χ1) is 13.4. The third-order valence-electron chi connectivity index (χ3n) is 5.35. The zero-order chi connectivity index (χ0) is 19.6. The normalized spacial score (nSPS) is 25.5. The highest BCUT2D eigenvalue weighted by Gasteiger charge is 2.53. The largest absolute Gasteiger partial charge is 0.465 e. The predicted octanol–water partition coefficient (Wildman–Crippen LogP) is 2.18. The van der Waals surface area contributed by atoms with Crippen molar-refractivity contribution in [3.8, 4) is 5.75 Å². The van der Waals surface area contributed by atoms with Gasteiger partial charge in [-0.1, -0.05) is 29.5 Å². The summed E-state index contributed by atoms with van der Waals surface area (Å²) in [4.78, 5) is 31.1. The Balaban J connectivity index is 1.82. The van der Waals surface area contributed by atoms with Crippen LogP contribution in [0.1, 0.15) is 37.0 Å². The summed E-state index contributed by atoms with van der Waals surface area (Å²) < 4.78 is 13.9. The minimum absolute atomic E-state index is 0.0540. The lowest BCUT2D eigenvalue weighted by molar-refractivity contribution is -0.132. The van der Waals surface area contributed by atoms with Crippen molar-refractivity contribution in [3.05, 3.63) is 73.2 Å². The Morgan fingerprint density at radius 3 is 2.79 bits per heavy atom. The summed E-state index contributed by atoms with van der Waals surface area (Å²) in [5.74, 6) is 1.43. The molecule has 0 aliphatic carbocycles. The van der Waals surface area contributed by atoms with Crippen LogP contribution in [0.4, 0.5) is 0 Å². The summed E-state index contributed by atoms with van der Waals surface area (Å²) in [5.41, 5.74) is -0.384. The van der Waals surface area contributed by atoms with Crippen molar-refractivity contribution in [2.75, 3.05) is 0 Å². The van der Waals surface area contributed by atoms with Gasteiger partial charge in [-0.3, -0.25) is 14.2 Å². The molecule has 2 bridgehead atoms. The third kappa shape index (κ3) is 2.36. The van der Waals surface area contributed by atoms with E-state index in [4.69, 9.17) is 14.1 Å². The topological polar surface area (TPSA) is 73.8 Å². The number of thiazole rings is 1. The highest BCUT2D eigenvalue weighted by atomic mass is 32.1. The van der Waals surface area contributed by atoms with Gasteiger partial charge < -0.3 is 9.15 Å². The number of carbonyl (C=O) groups is 1. The number of aromatic nitrogens is 1. The maximum atomic E-state index is 13.3. The number of rotatable bonds is 2. The first-order valence-corrected chi connectivity index (χ1v) is 9.87. The standard InChI is InChI=1S/C21H18N2O4S/c1-11-8-9-13(26-11)10-16-19(25)23-18-14-6-4-5-7-15(14)27-21(3,17(18)12(2)24)22-20(23)28-16/h4-10,17-18H,1-3H3. The van der Waals surface area contributed by atoms with Crippen LogP contribution in [0.5, 0.6) is 5.75 Å². The van der Waals surface area contributed by atoms with Gasteiger partial charge in [-0.25, -0.2) is 4.99 Å². The Bertz CT molecular complexity index is 1300. The van der Waals surface area contributed by atoms with E-state index in [1.54, 1.807) is 10.6 Å². The average molecular weight is 394 g/mol. The SMILES string of the molecule is CC(=O)C1C2c3ccccc3OC1(C)N=c1sc(=Cc3ccc(C)o3)c(=O)n12. The second kappa shape index (κ2) is 5.78. The third-order valence-corrected chi connectivity index (χ3v) is 6.34. The van der Waals surface area contributed by atoms with E-state index < -0.39 is 17.7 Å². The van der Waals surface area contributed by atoms with Gasteiger partial charge in [0.05, 0.1) is 10.6 Å². The van der Waals surface area contributed by atoms with Crippen molar-refractivity contribution in [1.82, 2.24) is 4.57 Å². The molecule has 0 radical (unpaired) electrons. The molecule has 0 N–H and O–H groups in total. The summed E-state index contributed by atoms with van der Waals surface area (Å²) in [6, 6.07) is 10.8. The van der Waals surface area contributed by atoms with Gasteiger partial charge in [-0.15, -0.1) is 0 Å². The van der Waals surface area contributed by atoms with E-state index in [1.807, 2.05) is 50.2 Å². The van der Waals surface area contributed by atoms with Gasteiger partial charge in [0.1, 0.15) is 29.0 Å². The molecule has 6 nitrogen and oxygen atoms in total. The van der Waals surface area contributed by atoms with Crippen molar-refractivity contribution in [1.29, 1.82) is 0 Å². The van der Waals surface area contributed by atoms with Crippen LogP contribution in [0.2, 0.25) is 0 Å². The highest BCUT2D eigenvalue weighted by molar-refractivity contribution is 7.07. The number of para-hydroxylation sites is 1. The second-order valence-corrected chi connectivity index (χ2v) is 8.37. The maximum Gasteiger partial charge on any atom is 0.271 e. The average Bonchev–Trinajstić information content (AvgIpc) is 3.16. The van der Waals surface area contributed by atoms with Gasteiger partial charge in [-0.05, 0) is 39.0 Å². The molecule has 7 heteroatoms. The molecule has 3 unspecified atom stereocenters. The van der Waals surface area contributed by atoms with Crippen molar-refractivity contribution in [3.63, 3.8) is 0 Å². The van der Waals surface area contributed by atoms with Crippen molar-refractivity contribution in [2.24, 2.45) is 10.9 Å². The van der Waals surface area contributed by atoms with E-state index >= 15 is 0 Å². The molecule has 0 fully saturated rings. The number of hydrogen-bond acceptors (Lipinski definition) is 6. The maximum absolute atomic E-state index is 13.3. The Morgan fingerprint density at radius 2 is 2.07 bits per heavy atom. The number of Topliss-reactive ketones (excluding diaryl/α,β-unsaturated/α-hetero) is 1. The van der Waals surface area contributed by atoms with Crippen molar-refractivity contribution < 1.29 is 13.9 Å². The molecule has 0 spiro atoms. The summed E-state index contributed by atoms with van der Waals surface area (Å²) in [6.07, 6.45) is 1.72. The Morgan fingerprint density at radius 1 is 1.29 bits per heavy atom. The molecule has 4 heterocycles. The molecule has 0 saturated heterocycles. The van der Waals surface area contributed by atoms with Crippen LogP contribution >= 0.6 is 11.3 Å². The lowest BCUT2D eigenvalue weighted by Crippen LogP contribution is -2.58. The summed E-state index contributed by atoms with van der Waals surface area (Å²) in [6.45, 7) is 5.20. The molecule has 0 saturated carbocycles. The Hall–Kier alpha value is -2.93. The van der Waals surface area contributed by atoms with Crippen LogP contribution in [0.3, 0.4) is 0 Å². The summed E-state index contributed by atoms with van der Waals surface area (Å²) >= 11 is 1.29. The van der Waals surface area contributed by atoms with Gasteiger partial charge >= 0.3 is 0 Å². The molecule has 2 aliphatic rings. The van der Waals surface area contributed by atoms with Gasteiger partial charge in [0.2, 0.25) is 5.72 Å². The van der Waals surface area contributed by atoms with Gasteiger partial charge in [0, 0.05) is 11.6 Å². The van der Waals surface area contributed by atoms with E-state index in [0.29, 0.717) is 20.8 Å². The number of aryl methyl sites for hydroxylation is 1. The van der Waals surface area contributed by atoms with Crippen LogP contribution in [-0.2, 0) is 4.79 Å². The van der Waals surface area contributed by atoms with E-state index in [0.717, 1.165) is 11.3 Å². The number of carbonyl (C=O) groups excluding carboxylic acids is 1. The predicted molar refractivity (Wildman–Crippen MR) is 104 cm³/mol. The van der Waals surface area contributed by atoms with E-state index in [-0.39, 0.29) is 11.3 Å². The molecule has 28 heavy (non-hydrogen) atoms. The Labute approximate surface area is 164 Å². The summed E-state index contributed by atoms with van der Waals surface area (Å²) in [7, 11) is 0. The zero-order valence-corrected chi connectivity index (χ0v) is 16.4. The number of nitrogens with zero attached hydrogens (tertiary/aromatic N) is 2. The lowest BCUT2D eigenvalue weighted by Gasteiger charge is -2.45. The first-order valence-electron chi connectivity index (χ1n) is 9.05. The van der Waals surface area contributed by atoms with Gasteiger partial charge in [0.25, 0.3) is 5.56 Å². The van der Waals surface area contributed by atoms with Crippen molar-refractivity contribution in [2.45, 2.75) is 32.5 Å². The number of ether oxygens (including phenoxy) is 1. The number of fused-ring (bicyclic) bond motifs is 6. The molecule has 2 aliphatic heterocycles. The second-order valence-electron chi connectivity index (χ2n) is 7.36. The number of benzene rings is 1. The molecule has 5 rings (SSSR count). The number of ketones is 1. The molecular formula is C21H18N2O4S. The van der Waals surface area contributed by atoms with Gasteiger partial charge in [-0.2, -0.15) is 0 Å². The van der Waals surface area contributed by atoms with Crippen LogP contribution in [0.15, 0.2) is 50.6 Å². The van der Waals surface area contributed by atoms with Crippen LogP contribution in [-0.4, -0.2) is 16.1 Å². The fraction of sp³-hybridized carbons (Fsp3) is 0.286. The molecule has 3 atom stereocenters. The zero-order valence-electron chi connectivity index (χ0n) is 15.6. The minimum Gasteiger partial charge on any atom is -0.465 e. The fourth-order valence-electron chi connectivity index (χ4n) is 4.22. The molecule has 2 aromatic heterocycles. The van der Waals surface area contributed by atoms with Crippen LogP contribution < -0.4 is 19.6 Å². The fourth-order valence-corrected chi connectivity index (χ4v) is 5.30. The van der Waals surface area contributed by atoms with E-state index in [9.17, 15) is 9.59 Å². The molecular weight excluding hydrogens is 376 g/mol. The van der Waals surface area contributed by atoms with E-state index in [1.165, 1.54) is 18.3 Å². The van der Waals surface area contributed by atoms with Gasteiger partial charge in [0.15, 0.2) is 4.80 Å². The monoisotopic (exact) mass is 394 g/mol. The first kappa shape index (κ1) is 17.2. The van der Waals surface area contributed by atoms with Crippen molar-refractivity contribution >= 4 is 23.2 Å². The molecule has 142 valence electrons. The quantitative estimate of drug-likeness (QED) is 0.668. The Kier molecular flexibility index (Phi) is 3.55. The highest BCUT2D eigenvalue weighted by Crippen LogP contribution is 2.47.